The summed E-state index contributed by atoms with van der Waals surface area (Å²) in [6, 6.07) is 0.312. The first-order chi connectivity index (χ1) is 8.81. The number of hydrogen-bond donors (Lipinski definition) is 0. The minimum atomic E-state index is 0.312. The lowest BCUT2D eigenvalue weighted by Gasteiger charge is -2.32. The highest BCUT2D eigenvalue weighted by atomic mass is 16.2. The van der Waals surface area contributed by atoms with Gasteiger partial charge in [-0.25, -0.2) is 4.79 Å². The zero-order chi connectivity index (χ0) is 12.8. The van der Waals surface area contributed by atoms with Crippen molar-refractivity contribution in [2.24, 2.45) is 5.92 Å². The van der Waals surface area contributed by atoms with Crippen LogP contribution in [0.1, 0.15) is 58.3 Å². The Kier molecular flexibility index (Phi) is 5.33. The minimum absolute atomic E-state index is 0.312. The van der Waals surface area contributed by atoms with Gasteiger partial charge in [0.25, 0.3) is 0 Å². The van der Waals surface area contributed by atoms with Gasteiger partial charge in [-0.1, -0.05) is 19.8 Å². The van der Waals surface area contributed by atoms with Crippen LogP contribution in [-0.4, -0.2) is 42.0 Å². The van der Waals surface area contributed by atoms with E-state index < -0.39 is 0 Å². The maximum Gasteiger partial charge on any atom is 0.319 e. The van der Waals surface area contributed by atoms with E-state index in [4.69, 9.17) is 0 Å². The Morgan fingerprint density at radius 3 is 2.33 bits per heavy atom. The van der Waals surface area contributed by atoms with Gasteiger partial charge in [0.05, 0.1) is 0 Å². The van der Waals surface area contributed by atoms with Crippen molar-refractivity contribution >= 4 is 6.03 Å². The van der Waals surface area contributed by atoms with Crippen molar-refractivity contribution in [3.05, 3.63) is 0 Å². The van der Waals surface area contributed by atoms with Gasteiger partial charge >= 0.3 is 6.03 Å². The highest BCUT2D eigenvalue weighted by Gasteiger charge is 2.25. The quantitative estimate of drug-likeness (QED) is 0.738. The number of nitrogens with zero attached hydrogens (tertiary/aromatic N) is 2. The number of hydrogen-bond acceptors (Lipinski definition) is 1. The summed E-state index contributed by atoms with van der Waals surface area (Å²) in [5.41, 5.74) is 0. The highest BCUT2D eigenvalue weighted by molar-refractivity contribution is 5.74. The van der Waals surface area contributed by atoms with Crippen molar-refractivity contribution in [2.75, 3.05) is 26.2 Å². The summed E-state index contributed by atoms with van der Waals surface area (Å²) in [7, 11) is 0. The molecule has 2 saturated heterocycles. The Hall–Kier alpha value is -0.730. The van der Waals surface area contributed by atoms with Gasteiger partial charge in [-0.15, -0.1) is 0 Å². The number of rotatable bonds is 2. The van der Waals surface area contributed by atoms with Gasteiger partial charge in [0.1, 0.15) is 0 Å². The Morgan fingerprint density at radius 2 is 1.61 bits per heavy atom. The van der Waals surface area contributed by atoms with Gasteiger partial charge < -0.3 is 9.80 Å². The number of piperidine rings is 1. The first-order valence-electron chi connectivity index (χ1n) is 7.85. The molecule has 2 aliphatic heterocycles. The van der Waals surface area contributed by atoms with Gasteiger partial charge in [0, 0.05) is 26.2 Å². The molecule has 3 nitrogen and oxygen atoms in total. The Bertz CT molecular complexity index is 261. The van der Waals surface area contributed by atoms with Crippen molar-refractivity contribution in [2.45, 2.75) is 58.3 Å². The van der Waals surface area contributed by atoms with E-state index in [9.17, 15) is 4.79 Å². The number of amides is 2. The van der Waals surface area contributed by atoms with Crippen LogP contribution in [0.25, 0.3) is 0 Å². The zero-order valence-electron chi connectivity index (χ0n) is 11.9. The second-order valence-electron chi connectivity index (χ2n) is 5.90. The molecular formula is C15H28N2O. The van der Waals surface area contributed by atoms with Crippen LogP contribution >= 0.6 is 0 Å². The smallest absolute Gasteiger partial charge is 0.319 e. The third-order valence-electron chi connectivity index (χ3n) is 4.44. The first-order valence-corrected chi connectivity index (χ1v) is 7.85. The SMILES string of the molecule is CCCC1CCCN(C(=O)N2CCCCC2)CC1. The van der Waals surface area contributed by atoms with Crippen LogP contribution < -0.4 is 0 Å². The van der Waals surface area contributed by atoms with Crippen LogP contribution in [-0.2, 0) is 0 Å². The summed E-state index contributed by atoms with van der Waals surface area (Å²) in [6.07, 6.45) is 10.0. The third kappa shape index (κ3) is 3.63. The molecule has 0 radical (unpaired) electrons. The van der Waals surface area contributed by atoms with Crippen LogP contribution in [0.15, 0.2) is 0 Å². The molecule has 2 aliphatic rings. The highest BCUT2D eigenvalue weighted by Crippen LogP contribution is 2.23. The monoisotopic (exact) mass is 252 g/mol. The maximum absolute atomic E-state index is 12.4. The molecule has 2 amide bonds. The van der Waals surface area contributed by atoms with Crippen molar-refractivity contribution in [3.8, 4) is 0 Å². The molecule has 0 bridgehead atoms. The molecule has 3 heteroatoms. The molecule has 2 rings (SSSR count). The fourth-order valence-corrected chi connectivity index (χ4v) is 3.34. The zero-order valence-corrected chi connectivity index (χ0v) is 11.9. The van der Waals surface area contributed by atoms with Crippen LogP contribution in [0.3, 0.4) is 0 Å². The van der Waals surface area contributed by atoms with Crippen LogP contribution in [0.4, 0.5) is 4.79 Å². The van der Waals surface area contributed by atoms with E-state index in [1.54, 1.807) is 0 Å². The molecule has 0 aromatic rings. The molecular weight excluding hydrogens is 224 g/mol. The van der Waals surface area contributed by atoms with Gasteiger partial charge in [-0.05, 0) is 44.4 Å². The standard InChI is InChI=1S/C15H28N2O/c1-2-7-14-8-6-12-17(13-9-14)15(18)16-10-4-3-5-11-16/h14H,2-13H2,1H3. The molecule has 0 N–H and O–H groups in total. The summed E-state index contributed by atoms with van der Waals surface area (Å²) in [6.45, 7) is 6.19. The molecule has 1 unspecified atom stereocenters. The van der Waals surface area contributed by atoms with E-state index in [1.165, 1.54) is 51.4 Å². The number of likely N-dealkylation sites (tertiary alicyclic amines) is 2. The van der Waals surface area contributed by atoms with E-state index in [0.717, 1.165) is 32.1 Å². The Morgan fingerprint density at radius 1 is 0.944 bits per heavy atom. The molecule has 0 aromatic carbocycles. The molecule has 0 aliphatic carbocycles. The van der Waals surface area contributed by atoms with Crippen LogP contribution in [0, 0.1) is 5.92 Å². The van der Waals surface area contributed by atoms with Crippen molar-refractivity contribution < 1.29 is 4.79 Å². The molecule has 104 valence electrons. The third-order valence-corrected chi connectivity index (χ3v) is 4.44. The average Bonchev–Trinajstić information content (AvgIpc) is 2.65. The van der Waals surface area contributed by atoms with Gasteiger partial charge in [-0.3, -0.25) is 0 Å². The predicted octanol–water partition coefficient (Wildman–Crippen LogP) is 3.49. The maximum atomic E-state index is 12.4. The lowest BCUT2D eigenvalue weighted by atomic mass is 9.96. The van der Waals surface area contributed by atoms with Crippen molar-refractivity contribution in [1.82, 2.24) is 9.80 Å². The van der Waals surface area contributed by atoms with E-state index in [2.05, 4.69) is 16.7 Å². The molecule has 2 fully saturated rings. The van der Waals surface area contributed by atoms with E-state index in [0.29, 0.717) is 6.03 Å². The molecule has 2 heterocycles. The minimum Gasteiger partial charge on any atom is -0.325 e. The van der Waals surface area contributed by atoms with Gasteiger partial charge in [0.15, 0.2) is 0 Å². The molecule has 0 saturated carbocycles. The molecule has 18 heavy (non-hydrogen) atoms. The van der Waals surface area contributed by atoms with E-state index in [-0.39, 0.29) is 0 Å². The second kappa shape index (κ2) is 7.01. The lowest BCUT2D eigenvalue weighted by molar-refractivity contribution is 0.144. The largest absolute Gasteiger partial charge is 0.325 e. The summed E-state index contributed by atoms with van der Waals surface area (Å²) in [4.78, 5) is 16.6. The molecule has 0 aromatic heterocycles. The molecule has 0 spiro atoms. The second-order valence-corrected chi connectivity index (χ2v) is 5.90. The van der Waals surface area contributed by atoms with Crippen molar-refractivity contribution in [1.29, 1.82) is 0 Å². The number of carbonyl (C=O) groups excluding carboxylic acids is 1. The summed E-state index contributed by atoms with van der Waals surface area (Å²) >= 11 is 0. The number of carbonyl (C=O) groups is 1. The molecule has 1 atom stereocenters. The topological polar surface area (TPSA) is 23.6 Å². The van der Waals surface area contributed by atoms with Gasteiger partial charge in [0.2, 0.25) is 0 Å². The first kappa shape index (κ1) is 13.7. The van der Waals surface area contributed by atoms with E-state index >= 15 is 0 Å². The fourth-order valence-electron chi connectivity index (χ4n) is 3.34. The summed E-state index contributed by atoms with van der Waals surface area (Å²) in [5, 5.41) is 0. The predicted molar refractivity (Wildman–Crippen MR) is 74.6 cm³/mol. The Labute approximate surface area is 112 Å². The summed E-state index contributed by atoms with van der Waals surface area (Å²) < 4.78 is 0. The van der Waals surface area contributed by atoms with Crippen LogP contribution in [0.2, 0.25) is 0 Å². The van der Waals surface area contributed by atoms with Crippen LogP contribution in [0.5, 0.6) is 0 Å². The summed E-state index contributed by atoms with van der Waals surface area (Å²) in [5.74, 6) is 0.856. The average molecular weight is 252 g/mol. The van der Waals surface area contributed by atoms with E-state index in [1.807, 2.05) is 0 Å². The Balaban J connectivity index is 1.82. The van der Waals surface area contributed by atoms with Crippen molar-refractivity contribution in [3.63, 3.8) is 0 Å². The number of urea groups is 1. The fraction of sp³-hybridized carbons (Fsp3) is 0.933. The van der Waals surface area contributed by atoms with Gasteiger partial charge in [-0.2, -0.15) is 0 Å². The normalized spacial score (nSPS) is 25.9. The lowest BCUT2D eigenvalue weighted by Crippen LogP contribution is -2.45.